The molecule has 2 rings (SSSR count). The van der Waals surface area contributed by atoms with Crippen molar-refractivity contribution in [3.05, 3.63) is 0 Å². The van der Waals surface area contributed by atoms with E-state index in [1.807, 2.05) is 13.8 Å². The average Bonchev–Trinajstić information content (AvgIpc) is 2.89. The molecule has 1 saturated carbocycles. The van der Waals surface area contributed by atoms with E-state index in [4.69, 9.17) is 12.2 Å². The maximum atomic E-state index is 12.8. The zero-order valence-electron chi connectivity index (χ0n) is 18.0. The van der Waals surface area contributed by atoms with Gasteiger partial charge in [-0.2, -0.15) is 0 Å². The van der Waals surface area contributed by atoms with Crippen molar-refractivity contribution < 1.29 is 14.4 Å². The van der Waals surface area contributed by atoms with Crippen LogP contribution in [0.2, 0.25) is 0 Å². The normalized spacial score (nSPS) is 26.1. The summed E-state index contributed by atoms with van der Waals surface area (Å²) < 4.78 is 0. The molecule has 4 amide bonds. The smallest absolute Gasteiger partial charge is 0.325 e. The predicted molar refractivity (Wildman–Crippen MR) is 116 cm³/mol. The Morgan fingerprint density at radius 2 is 1.83 bits per heavy atom. The van der Waals surface area contributed by atoms with Crippen LogP contribution in [0.25, 0.3) is 0 Å². The molecule has 0 unspecified atom stereocenters. The summed E-state index contributed by atoms with van der Waals surface area (Å²) in [5, 5.41) is 6.40. The van der Waals surface area contributed by atoms with Crippen LogP contribution in [0.4, 0.5) is 4.79 Å². The predicted octanol–water partition coefficient (Wildman–Crippen LogP) is 2.20. The Labute approximate surface area is 178 Å². The average molecular weight is 426 g/mol. The van der Waals surface area contributed by atoms with E-state index in [9.17, 15) is 14.4 Å². The van der Waals surface area contributed by atoms with Crippen LogP contribution in [0.5, 0.6) is 0 Å². The number of hydrogen-bond acceptors (Lipinski definition) is 4. The van der Waals surface area contributed by atoms with Gasteiger partial charge in [0.15, 0.2) is 5.11 Å². The fraction of sp³-hybridized carbons (Fsp3) is 0.800. The van der Waals surface area contributed by atoms with E-state index < -0.39 is 17.5 Å². The minimum absolute atomic E-state index is 0.269. The molecule has 29 heavy (non-hydrogen) atoms. The second-order valence-electron chi connectivity index (χ2n) is 8.42. The summed E-state index contributed by atoms with van der Waals surface area (Å²) in [6, 6.07) is -0.247. The van der Waals surface area contributed by atoms with Gasteiger partial charge in [0.1, 0.15) is 12.1 Å². The number of amides is 4. The van der Waals surface area contributed by atoms with Crippen LogP contribution in [0.3, 0.4) is 0 Å². The molecule has 9 heteroatoms. The molecule has 8 nitrogen and oxygen atoms in total. The van der Waals surface area contributed by atoms with Crippen molar-refractivity contribution in [3.63, 3.8) is 0 Å². The van der Waals surface area contributed by atoms with Gasteiger partial charge in [-0.25, -0.2) is 4.79 Å². The van der Waals surface area contributed by atoms with E-state index in [1.54, 1.807) is 0 Å². The highest BCUT2D eigenvalue weighted by Gasteiger charge is 2.50. The van der Waals surface area contributed by atoms with Crippen LogP contribution >= 0.6 is 12.2 Å². The minimum Gasteiger partial charge on any atom is -0.358 e. The first-order valence-corrected chi connectivity index (χ1v) is 11.1. The second-order valence-corrected chi connectivity index (χ2v) is 8.83. The highest BCUT2D eigenvalue weighted by atomic mass is 32.1. The summed E-state index contributed by atoms with van der Waals surface area (Å²) in [7, 11) is 0. The molecule has 0 bridgehead atoms. The lowest BCUT2D eigenvalue weighted by Crippen LogP contribution is -2.54. The van der Waals surface area contributed by atoms with Crippen LogP contribution in [0, 0.1) is 11.8 Å². The molecule has 2 fully saturated rings. The molecule has 1 heterocycles. The zero-order valence-corrected chi connectivity index (χ0v) is 18.8. The Morgan fingerprint density at radius 1 is 1.17 bits per heavy atom. The van der Waals surface area contributed by atoms with Crippen molar-refractivity contribution in [3.8, 4) is 0 Å². The van der Waals surface area contributed by atoms with Gasteiger partial charge in [0.25, 0.3) is 11.8 Å². The SMILES string of the molecule is CCCC1(CCC)NC(=O)N(CC(=O)NNC(=S)N[C@@H]2CCC[C@H](C)[C@@H]2C)C1=O. The number of hydrazine groups is 1. The van der Waals surface area contributed by atoms with Gasteiger partial charge >= 0.3 is 6.03 Å². The number of carbonyl (C=O) groups excluding carboxylic acids is 3. The highest BCUT2D eigenvalue weighted by Crippen LogP contribution is 2.29. The summed E-state index contributed by atoms with van der Waals surface area (Å²) in [4.78, 5) is 38.4. The molecule has 0 radical (unpaired) electrons. The number of hydrogen-bond donors (Lipinski definition) is 4. The number of imide groups is 1. The molecule has 1 saturated heterocycles. The van der Waals surface area contributed by atoms with E-state index in [0.717, 1.165) is 30.6 Å². The monoisotopic (exact) mass is 425 g/mol. The summed E-state index contributed by atoms with van der Waals surface area (Å²) >= 11 is 5.28. The maximum Gasteiger partial charge on any atom is 0.325 e. The summed E-state index contributed by atoms with van der Waals surface area (Å²) in [6.07, 6.45) is 6.08. The molecular weight excluding hydrogens is 390 g/mol. The van der Waals surface area contributed by atoms with Gasteiger partial charge < -0.3 is 10.6 Å². The molecule has 0 spiro atoms. The lowest BCUT2D eigenvalue weighted by molar-refractivity contribution is -0.135. The molecule has 1 aliphatic carbocycles. The summed E-state index contributed by atoms with van der Waals surface area (Å²) in [6.45, 7) is 8.05. The number of rotatable bonds is 7. The van der Waals surface area contributed by atoms with Crippen LogP contribution in [-0.2, 0) is 9.59 Å². The molecule has 3 atom stereocenters. The Balaban J connectivity index is 1.85. The van der Waals surface area contributed by atoms with Crippen molar-refractivity contribution in [2.75, 3.05) is 6.54 Å². The first-order chi connectivity index (χ1) is 13.7. The number of nitrogens with one attached hydrogen (secondary N) is 4. The Bertz CT molecular complexity index is 636. The van der Waals surface area contributed by atoms with Gasteiger partial charge in [0.2, 0.25) is 0 Å². The van der Waals surface area contributed by atoms with E-state index in [0.29, 0.717) is 29.8 Å². The fourth-order valence-electron chi connectivity index (χ4n) is 4.44. The topological polar surface area (TPSA) is 103 Å². The standard InChI is InChI=1S/C20H35N5O3S/c1-5-10-20(11-6-2)17(27)25(19(28)22-20)12-16(26)23-24-18(29)21-15-9-7-8-13(3)14(15)4/h13-15H,5-12H2,1-4H3,(H,22,28)(H,23,26)(H2,21,24,29)/t13-,14-,15+/m0/s1. The van der Waals surface area contributed by atoms with Crippen LogP contribution in [-0.4, -0.2) is 46.0 Å². The molecular formula is C20H35N5O3S. The highest BCUT2D eigenvalue weighted by molar-refractivity contribution is 7.80. The second kappa shape index (κ2) is 10.2. The Hall–Kier alpha value is -1.90. The molecule has 0 aromatic rings. The van der Waals surface area contributed by atoms with E-state index in [2.05, 4.69) is 35.3 Å². The van der Waals surface area contributed by atoms with Crippen molar-refractivity contribution in [2.24, 2.45) is 11.8 Å². The first kappa shape index (κ1) is 23.4. The van der Waals surface area contributed by atoms with Gasteiger partial charge in [0, 0.05) is 6.04 Å². The zero-order chi connectivity index (χ0) is 21.6. The molecule has 2 aliphatic rings. The number of urea groups is 1. The quantitative estimate of drug-likeness (QED) is 0.283. The van der Waals surface area contributed by atoms with Crippen LogP contribution < -0.4 is 21.5 Å². The van der Waals surface area contributed by atoms with Gasteiger partial charge in [-0.05, 0) is 43.3 Å². The third kappa shape index (κ3) is 5.58. The number of nitrogens with zero attached hydrogens (tertiary/aromatic N) is 1. The molecule has 164 valence electrons. The summed E-state index contributed by atoms with van der Waals surface area (Å²) in [5.74, 6) is 0.304. The van der Waals surface area contributed by atoms with Crippen LogP contribution in [0.15, 0.2) is 0 Å². The third-order valence-electron chi connectivity index (χ3n) is 6.24. The Kier molecular flexibility index (Phi) is 8.24. The molecule has 0 aromatic carbocycles. The molecule has 1 aliphatic heterocycles. The van der Waals surface area contributed by atoms with Crippen molar-refractivity contribution in [2.45, 2.75) is 84.2 Å². The van der Waals surface area contributed by atoms with E-state index in [1.165, 1.54) is 6.42 Å². The third-order valence-corrected chi connectivity index (χ3v) is 6.46. The fourth-order valence-corrected chi connectivity index (χ4v) is 4.64. The first-order valence-electron chi connectivity index (χ1n) is 10.7. The Morgan fingerprint density at radius 3 is 2.45 bits per heavy atom. The lowest BCUT2D eigenvalue weighted by Gasteiger charge is -2.35. The van der Waals surface area contributed by atoms with Gasteiger partial charge in [0.05, 0.1) is 0 Å². The van der Waals surface area contributed by atoms with Crippen molar-refractivity contribution in [1.29, 1.82) is 0 Å². The van der Waals surface area contributed by atoms with Gasteiger partial charge in [-0.3, -0.25) is 25.3 Å². The van der Waals surface area contributed by atoms with E-state index >= 15 is 0 Å². The lowest BCUT2D eigenvalue weighted by atomic mass is 9.78. The summed E-state index contributed by atoms with van der Waals surface area (Å²) in [5.41, 5.74) is 4.29. The number of carbonyl (C=O) groups is 3. The molecule has 0 aromatic heterocycles. The van der Waals surface area contributed by atoms with E-state index in [-0.39, 0.29) is 18.5 Å². The minimum atomic E-state index is -0.890. The van der Waals surface area contributed by atoms with Crippen molar-refractivity contribution >= 4 is 35.2 Å². The van der Waals surface area contributed by atoms with Gasteiger partial charge in [-0.1, -0.05) is 53.4 Å². The number of thiocarbonyl (C=S) groups is 1. The van der Waals surface area contributed by atoms with Crippen molar-refractivity contribution in [1.82, 2.24) is 26.4 Å². The molecule has 4 N–H and O–H groups in total. The van der Waals surface area contributed by atoms with Crippen LogP contribution in [0.1, 0.15) is 72.6 Å². The largest absolute Gasteiger partial charge is 0.358 e. The maximum absolute atomic E-state index is 12.8. The van der Waals surface area contributed by atoms with Gasteiger partial charge in [-0.15, -0.1) is 0 Å².